The Morgan fingerprint density at radius 2 is 2.10 bits per heavy atom. The third kappa shape index (κ3) is 2.77. The van der Waals surface area contributed by atoms with E-state index in [0.29, 0.717) is 24.6 Å². The summed E-state index contributed by atoms with van der Waals surface area (Å²) >= 11 is 0. The summed E-state index contributed by atoms with van der Waals surface area (Å²) in [5.74, 6) is 0.598. The van der Waals surface area contributed by atoms with Gasteiger partial charge in [-0.3, -0.25) is 4.90 Å². The van der Waals surface area contributed by atoms with Crippen LogP contribution in [0.5, 0.6) is 0 Å². The normalized spacial score (nSPS) is 26.7. The second-order valence-electron chi connectivity index (χ2n) is 6.04. The van der Waals surface area contributed by atoms with Crippen molar-refractivity contribution in [2.24, 2.45) is 5.92 Å². The van der Waals surface area contributed by atoms with Gasteiger partial charge in [0.05, 0.1) is 6.61 Å². The third-order valence-corrected chi connectivity index (χ3v) is 4.90. The molecule has 2 fully saturated rings. The molecule has 3 rings (SSSR count). The van der Waals surface area contributed by atoms with Crippen molar-refractivity contribution < 1.29 is 9.53 Å². The van der Waals surface area contributed by atoms with Gasteiger partial charge in [0, 0.05) is 25.2 Å². The number of benzene rings is 1. The van der Waals surface area contributed by atoms with Gasteiger partial charge in [0.2, 0.25) is 0 Å². The standard InChI is InChI=1S/C17H24N2O2/c1-3-21-17(20)18-11-15-9-10-19(16(15)12-18)13(2)14-7-5-4-6-8-14/h4-8,13,15-16H,3,9-12H2,1-2H3/t13-,15?,16?/m0/s1. The summed E-state index contributed by atoms with van der Waals surface area (Å²) in [6.07, 6.45) is 1.02. The SMILES string of the molecule is CCOC(=O)N1CC2CCN([C@@H](C)c3ccccc3)C2C1. The van der Waals surface area contributed by atoms with Gasteiger partial charge in [-0.2, -0.15) is 0 Å². The average molecular weight is 288 g/mol. The highest BCUT2D eigenvalue weighted by atomic mass is 16.6. The molecule has 2 heterocycles. The fourth-order valence-corrected chi connectivity index (χ4v) is 3.76. The molecule has 1 aromatic rings. The molecule has 1 amide bonds. The molecule has 4 nitrogen and oxygen atoms in total. The monoisotopic (exact) mass is 288 g/mol. The van der Waals surface area contributed by atoms with Gasteiger partial charge in [0.15, 0.2) is 0 Å². The lowest BCUT2D eigenvalue weighted by atomic mass is 10.0. The molecule has 0 spiro atoms. The van der Waals surface area contributed by atoms with E-state index in [0.717, 1.165) is 19.6 Å². The summed E-state index contributed by atoms with van der Waals surface area (Å²) in [5.41, 5.74) is 1.35. The Morgan fingerprint density at radius 3 is 2.81 bits per heavy atom. The van der Waals surface area contributed by atoms with E-state index in [-0.39, 0.29) is 6.09 Å². The highest BCUT2D eigenvalue weighted by molar-refractivity contribution is 5.68. The summed E-state index contributed by atoms with van der Waals surface area (Å²) in [6.45, 7) is 7.36. The molecular formula is C17H24N2O2. The molecule has 4 heteroatoms. The summed E-state index contributed by atoms with van der Waals surface area (Å²) in [7, 11) is 0. The van der Waals surface area contributed by atoms with E-state index in [2.05, 4.69) is 42.2 Å². The van der Waals surface area contributed by atoms with Gasteiger partial charge in [-0.15, -0.1) is 0 Å². The first kappa shape index (κ1) is 14.4. The van der Waals surface area contributed by atoms with Crippen LogP contribution in [0.15, 0.2) is 30.3 Å². The second kappa shape index (κ2) is 6.06. The zero-order valence-corrected chi connectivity index (χ0v) is 12.9. The zero-order chi connectivity index (χ0) is 14.8. The number of amides is 1. The predicted octanol–water partition coefficient (Wildman–Crippen LogP) is 2.91. The van der Waals surface area contributed by atoms with Gasteiger partial charge >= 0.3 is 6.09 Å². The molecule has 0 aliphatic carbocycles. The Labute approximate surface area is 126 Å². The van der Waals surface area contributed by atoms with Gasteiger partial charge in [-0.25, -0.2) is 4.79 Å². The molecule has 0 bridgehead atoms. The molecule has 0 radical (unpaired) electrons. The van der Waals surface area contributed by atoms with Crippen LogP contribution in [0.4, 0.5) is 4.79 Å². The van der Waals surface area contributed by atoms with Crippen LogP contribution >= 0.6 is 0 Å². The van der Waals surface area contributed by atoms with Crippen LogP contribution in [-0.4, -0.2) is 48.2 Å². The van der Waals surface area contributed by atoms with E-state index in [1.54, 1.807) is 0 Å². The predicted molar refractivity (Wildman–Crippen MR) is 82.1 cm³/mol. The van der Waals surface area contributed by atoms with Gasteiger partial charge in [-0.1, -0.05) is 30.3 Å². The molecular weight excluding hydrogens is 264 g/mol. The molecule has 2 aliphatic rings. The Kier molecular flexibility index (Phi) is 4.15. The average Bonchev–Trinajstić information content (AvgIpc) is 3.08. The summed E-state index contributed by atoms with van der Waals surface area (Å²) in [6, 6.07) is 11.5. The van der Waals surface area contributed by atoms with Crippen molar-refractivity contribution in [3.05, 3.63) is 35.9 Å². The first-order valence-electron chi connectivity index (χ1n) is 7.93. The summed E-state index contributed by atoms with van der Waals surface area (Å²) < 4.78 is 5.14. The Balaban J connectivity index is 1.68. The molecule has 21 heavy (non-hydrogen) atoms. The van der Waals surface area contributed by atoms with Crippen molar-refractivity contribution >= 4 is 6.09 Å². The molecule has 2 saturated heterocycles. The molecule has 2 aliphatic heterocycles. The Morgan fingerprint density at radius 1 is 1.33 bits per heavy atom. The van der Waals surface area contributed by atoms with Crippen LogP contribution in [0, 0.1) is 5.92 Å². The van der Waals surface area contributed by atoms with E-state index < -0.39 is 0 Å². The van der Waals surface area contributed by atoms with E-state index >= 15 is 0 Å². The smallest absolute Gasteiger partial charge is 0.409 e. The fourth-order valence-electron chi connectivity index (χ4n) is 3.76. The maximum atomic E-state index is 11.9. The largest absolute Gasteiger partial charge is 0.450 e. The van der Waals surface area contributed by atoms with Crippen LogP contribution in [0.25, 0.3) is 0 Å². The van der Waals surface area contributed by atoms with E-state index in [9.17, 15) is 4.79 Å². The first-order chi connectivity index (χ1) is 10.2. The van der Waals surface area contributed by atoms with Gasteiger partial charge in [0.1, 0.15) is 0 Å². The molecule has 0 aromatic heterocycles. The second-order valence-corrected chi connectivity index (χ2v) is 6.04. The van der Waals surface area contributed by atoms with Crippen LogP contribution in [-0.2, 0) is 4.74 Å². The topological polar surface area (TPSA) is 32.8 Å². The minimum atomic E-state index is -0.154. The lowest BCUT2D eigenvalue weighted by Gasteiger charge is -2.30. The number of ether oxygens (including phenoxy) is 1. The van der Waals surface area contributed by atoms with Gasteiger partial charge < -0.3 is 9.64 Å². The van der Waals surface area contributed by atoms with Gasteiger partial charge in [0.25, 0.3) is 0 Å². The van der Waals surface area contributed by atoms with Crippen molar-refractivity contribution in [3.63, 3.8) is 0 Å². The van der Waals surface area contributed by atoms with E-state index in [4.69, 9.17) is 4.74 Å². The number of rotatable bonds is 3. The minimum Gasteiger partial charge on any atom is -0.450 e. The molecule has 0 saturated carbocycles. The van der Waals surface area contributed by atoms with Crippen LogP contribution in [0.3, 0.4) is 0 Å². The first-order valence-corrected chi connectivity index (χ1v) is 7.93. The third-order valence-electron chi connectivity index (χ3n) is 4.90. The number of carbonyl (C=O) groups excluding carboxylic acids is 1. The number of hydrogen-bond acceptors (Lipinski definition) is 3. The minimum absolute atomic E-state index is 0.154. The van der Waals surface area contributed by atoms with Crippen molar-refractivity contribution in [1.29, 1.82) is 0 Å². The lowest BCUT2D eigenvalue weighted by Crippen LogP contribution is -2.38. The highest BCUT2D eigenvalue weighted by Crippen LogP contribution is 2.37. The van der Waals surface area contributed by atoms with E-state index in [1.165, 1.54) is 12.0 Å². The fraction of sp³-hybridized carbons (Fsp3) is 0.588. The maximum absolute atomic E-state index is 11.9. The van der Waals surface area contributed by atoms with Crippen molar-refractivity contribution in [2.45, 2.75) is 32.4 Å². The van der Waals surface area contributed by atoms with Crippen molar-refractivity contribution in [1.82, 2.24) is 9.80 Å². The number of likely N-dealkylation sites (tertiary alicyclic amines) is 2. The molecule has 3 atom stereocenters. The zero-order valence-electron chi connectivity index (χ0n) is 12.9. The van der Waals surface area contributed by atoms with E-state index in [1.807, 2.05) is 11.8 Å². The van der Waals surface area contributed by atoms with Crippen LogP contribution in [0.1, 0.15) is 31.9 Å². The molecule has 0 N–H and O–H groups in total. The maximum Gasteiger partial charge on any atom is 0.409 e. The summed E-state index contributed by atoms with van der Waals surface area (Å²) in [4.78, 5) is 16.3. The molecule has 1 aromatic carbocycles. The van der Waals surface area contributed by atoms with Crippen molar-refractivity contribution in [2.75, 3.05) is 26.2 Å². The van der Waals surface area contributed by atoms with Crippen LogP contribution in [0.2, 0.25) is 0 Å². The lowest BCUT2D eigenvalue weighted by molar-refractivity contribution is 0.107. The molecule has 2 unspecified atom stereocenters. The highest BCUT2D eigenvalue weighted by Gasteiger charge is 2.44. The Bertz CT molecular complexity index is 491. The molecule has 114 valence electrons. The number of carbonyl (C=O) groups is 1. The Hall–Kier alpha value is -1.55. The van der Waals surface area contributed by atoms with Crippen molar-refractivity contribution in [3.8, 4) is 0 Å². The van der Waals surface area contributed by atoms with Gasteiger partial charge in [-0.05, 0) is 38.3 Å². The number of nitrogens with zero attached hydrogens (tertiary/aromatic N) is 2. The number of hydrogen-bond donors (Lipinski definition) is 0. The quantitative estimate of drug-likeness (QED) is 0.857. The number of fused-ring (bicyclic) bond motifs is 1. The van der Waals surface area contributed by atoms with Crippen LogP contribution < -0.4 is 0 Å². The summed E-state index contributed by atoms with van der Waals surface area (Å²) in [5, 5.41) is 0.